The zero-order valence-electron chi connectivity index (χ0n) is 10.6. The SMILES string of the molecule is CCNc1cc(NCC2CCCN2)nc(C)n1. The molecule has 5 nitrogen and oxygen atoms in total. The maximum absolute atomic E-state index is 4.39. The summed E-state index contributed by atoms with van der Waals surface area (Å²) in [6.07, 6.45) is 2.52. The summed E-state index contributed by atoms with van der Waals surface area (Å²) < 4.78 is 0. The van der Waals surface area contributed by atoms with Gasteiger partial charge in [-0.15, -0.1) is 0 Å². The van der Waals surface area contributed by atoms with Crippen LogP contribution < -0.4 is 16.0 Å². The number of hydrogen-bond donors (Lipinski definition) is 3. The molecule has 2 rings (SSSR count). The minimum atomic E-state index is 0.577. The monoisotopic (exact) mass is 235 g/mol. The molecule has 1 atom stereocenters. The van der Waals surface area contributed by atoms with Crippen molar-refractivity contribution < 1.29 is 0 Å². The maximum atomic E-state index is 4.39. The second kappa shape index (κ2) is 5.82. The van der Waals surface area contributed by atoms with Gasteiger partial charge in [0.15, 0.2) is 0 Å². The molecule has 3 N–H and O–H groups in total. The fraction of sp³-hybridized carbons (Fsp3) is 0.667. The van der Waals surface area contributed by atoms with Crippen LogP contribution in [0.4, 0.5) is 11.6 Å². The van der Waals surface area contributed by atoms with Gasteiger partial charge in [-0.1, -0.05) is 0 Å². The third-order valence-electron chi connectivity index (χ3n) is 2.89. The van der Waals surface area contributed by atoms with Crippen LogP contribution in [-0.4, -0.2) is 35.6 Å². The summed E-state index contributed by atoms with van der Waals surface area (Å²) in [5.41, 5.74) is 0. The molecular formula is C12H21N5. The molecule has 1 aliphatic heterocycles. The van der Waals surface area contributed by atoms with E-state index in [2.05, 4.69) is 32.8 Å². The predicted octanol–water partition coefficient (Wildman–Crippen LogP) is 1.38. The lowest BCUT2D eigenvalue weighted by Gasteiger charge is -2.13. The van der Waals surface area contributed by atoms with Crippen molar-refractivity contribution >= 4 is 11.6 Å². The van der Waals surface area contributed by atoms with Crippen LogP contribution in [0.15, 0.2) is 6.07 Å². The molecule has 0 aromatic carbocycles. The zero-order valence-corrected chi connectivity index (χ0v) is 10.6. The van der Waals surface area contributed by atoms with Gasteiger partial charge in [-0.2, -0.15) is 0 Å². The highest BCUT2D eigenvalue weighted by Crippen LogP contribution is 2.12. The first-order valence-corrected chi connectivity index (χ1v) is 6.34. The molecule has 94 valence electrons. The summed E-state index contributed by atoms with van der Waals surface area (Å²) in [4.78, 5) is 8.71. The molecular weight excluding hydrogens is 214 g/mol. The van der Waals surface area contributed by atoms with Crippen molar-refractivity contribution in [3.8, 4) is 0 Å². The topological polar surface area (TPSA) is 61.9 Å². The molecule has 1 aromatic heterocycles. The normalized spacial score (nSPS) is 19.3. The number of hydrogen-bond acceptors (Lipinski definition) is 5. The van der Waals surface area contributed by atoms with E-state index in [-0.39, 0.29) is 0 Å². The molecule has 1 fully saturated rings. The number of aryl methyl sites for hydroxylation is 1. The van der Waals surface area contributed by atoms with E-state index < -0.39 is 0 Å². The molecule has 0 bridgehead atoms. The van der Waals surface area contributed by atoms with Gasteiger partial charge in [-0.25, -0.2) is 9.97 Å². The highest BCUT2D eigenvalue weighted by molar-refractivity contribution is 5.47. The lowest BCUT2D eigenvalue weighted by molar-refractivity contribution is 0.632. The van der Waals surface area contributed by atoms with Crippen molar-refractivity contribution in [3.63, 3.8) is 0 Å². The molecule has 0 aliphatic carbocycles. The van der Waals surface area contributed by atoms with E-state index in [0.717, 1.165) is 37.1 Å². The Morgan fingerprint density at radius 3 is 2.76 bits per heavy atom. The van der Waals surface area contributed by atoms with Gasteiger partial charge >= 0.3 is 0 Å². The molecule has 1 unspecified atom stereocenters. The Morgan fingerprint density at radius 1 is 1.35 bits per heavy atom. The number of nitrogens with one attached hydrogen (secondary N) is 3. The molecule has 0 radical (unpaired) electrons. The lowest BCUT2D eigenvalue weighted by atomic mass is 10.2. The van der Waals surface area contributed by atoms with Gasteiger partial charge in [0.25, 0.3) is 0 Å². The second-order valence-electron chi connectivity index (χ2n) is 4.39. The van der Waals surface area contributed by atoms with E-state index >= 15 is 0 Å². The number of anilines is 2. The molecule has 0 amide bonds. The minimum Gasteiger partial charge on any atom is -0.370 e. The van der Waals surface area contributed by atoms with Crippen molar-refractivity contribution in [3.05, 3.63) is 11.9 Å². The first-order chi connectivity index (χ1) is 8.28. The average molecular weight is 235 g/mol. The number of nitrogens with zero attached hydrogens (tertiary/aromatic N) is 2. The van der Waals surface area contributed by atoms with E-state index in [0.29, 0.717) is 6.04 Å². The van der Waals surface area contributed by atoms with Crippen LogP contribution >= 0.6 is 0 Å². The predicted molar refractivity (Wildman–Crippen MR) is 70.4 cm³/mol. The van der Waals surface area contributed by atoms with Gasteiger partial charge in [-0.05, 0) is 33.2 Å². The molecule has 17 heavy (non-hydrogen) atoms. The van der Waals surface area contributed by atoms with Crippen molar-refractivity contribution in [1.29, 1.82) is 0 Å². The summed E-state index contributed by atoms with van der Waals surface area (Å²) in [6.45, 7) is 6.92. The van der Waals surface area contributed by atoms with E-state index in [9.17, 15) is 0 Å². The molecule has 0 saturated carbocycles. The first-order valence-electron chi connectivity index (χ1n) is 6.34. The first kappa shape index (κ1) is 12.1. The number of rotatable bonds is 5. The molecule has 1 aromatic rings. The van der Waals surface area contributed by atoms with Gasteiger partial charge in [0.1, 0.15) is 17.5 Å². The largest absolute Gasteiger partial charge is 0.370 e. The van der Waals surface area contributed by atoms with Gasteiger partial charge in [-0.3, -0.25) is 0 Å². The zero-order chi connectivity index (χ0) is 12.1. The van der Waals surface area contributed by atoms with Crippen LogP contribution in [0.1, 0.15) is 25.6 Å². The van der Waals surface area contributed by atoms with Crippen LogP contribution in [0.2, 0.25) is 0 Å². The highest BCUT2D eigenvalue weighted by atomic mass is 15.1. The fourth-order valence-corrected chi connectivity index (χ4v) is 2.09. The molecule has 5 heteroatoms. The summed E-state index contributed by atoms with van der Waals surface area (Å²) in [5, 5.41) is 10.0. The molecule has 1 saturated heterocycles. The Labute approximate surface area is 102 Å². The average Bonchev–Trinajstić information content (AvgIpc) is 2.79. The standard InChI is InChI=1S/C12H21N5/c1-3-13-11-7-12(17-9(2)16-11)15-8-10-5-4-6-14-10/h7,10,14H,3-6,8H2,1-2H3,(H2,13,15,16,17). The molecule has 0 spiro atoms. The minimum absolute atomic E-state index is 0.577. The Hall–Kier alpha value is -1.36. The van der Waals surface area contributed by atoms with Crippen molar-refractivity contribution in [2.45, 2.75) is 32.7 Å². The van der Waals surface area contributed by atoms with Crippen molar-refractivity contribution in [1.82, 2.24) is 15.3 Å². The van der Waals surface area contributed by atoms with Crippen LogP contribution in [0.5, 0.6) is 0 Å². The Bertz CT molecular complexity index is 360. The van der Waals surface area contributed by atoms with Gasteiger partial charge in [0, 0.05) is 25.2 Å². The van der Waals surface area contributed by atoms with E-state index in [4.69, 9.17) is 0 Å². The fourth-order valence-electron chi connectivity index (χ4n) is 2.09. The quantitative estimate of drug-likeness (QED) is 0.719. The third-order valence-corrected chi connectivity index (χ3v) is 2.89. The second-order valence-corrected chi connectivity index (χ2v) is 4.39. The van der Waals surface area contributed by atoms with Crippen LogP contribution in [0, 0.1) is 6.92 Å². The van der Waals surface area contributed by atoms with Gasteiger partial charge in [0.2, 0.25) is 0 Å². The van der Waals surface area contributed by atoms with Gasteiger partial charge in [0.05, 0.1) is 0 Å². The smallest absolute Gasteiger partial charge is 0.131 e. The van der Waals surface area contributed by atoms with E-state index in [1.807, 2.05) is 13.0 Å². The Balaban J connectivity index is 1.94. The number of aromatic nitrogens is 2. The van der Waals surface area contributed by atoms with Gasteiger partial charge < -0.3 is 16.0 Å². The van der Waals surface area contributed by atoms with Crippen LogP contribution in [0.3, 0.4) is 0 Å². The van der Waals surface area contributed by atoms with Crippen LogP contribution in [0.25, 0.3) is 0 Å². The third kappa shape index (κ3) is 3.56. The Morgan fingerprint density at radius 2 is 2.12 bits per heavy atom. The Kier molecular flexibility index (Phi) is 4.14. The highest BCUT2D eigenvalue weighted by Gasteiger charge is 2.13. The summed E-state index contributed by atoms with van der Waals surface area (Å²) in [7, 11) is 0. The maximum Gasteiger partial charge on any atom is 0.131 e. The van der Waals surface area contributed by atoms with E-state index in [1.165, 1.54) is 12.8 Å². The summed E-state index contributed by atoms with van der Waals surface area (Å²) in [6, 6.07) is 2.54. The van der Waals surface area contributed by atoms with Crippen molar-refractivity contribution in [2.24, 2.45) is 0 Å². The van der Waals surface area contributed by atoms with E-state index in [1.54, 1.807) is 0 Å². The molecule has 1 aliphatic rings. The van der Waals surface area contributed by atoms with Crippen molar-refractivity contribution in [2.75, 3.05) is 30.3 Å². The lowest BCUT2D eigenvalue weighted by Crippen LogP contribution is -2.29. The van der Waals surface area contributed by atoms with Crippen LogP contribution in [-0.2, 0) is 0 Å². The summed E-state index contributed by atoms with van der Waals surface area (Å²) in [5.74, 6) is 2.59. The summed E-state index contributed by atoms with van der Waals surface area (Å²) >= 11 is 0. The molecule has 2 heterocycles.